The monoisotopic (exact) mass is 238 g/mol. The van der Waals surface area contributed by atoms with Gasteiger partial charge in [-0.3, -0.25) is 4.79 Å². The molecule has 0 fully saturated rings. The first kappa shape index (κ1) is 8.44. The summed E-state index contributed by atoms with van der Waals surface area (Å²) < 4.78 is 0.992. The van der Waals surface area contributed by atoms with E-state index in [2.05, 4.69) is 21.0 Å². The number of hydrazone groups is 1. The van der Waals surface area contributed by atoms with Crippen molar-refractivity contribution in [1.82, 2.24) is 0 Å². The zero-order valence-electron chi connectivity index (χ0n) is 6.77. The predicted octanol–water partition coefficient (Wildman–Crippen LogP) is 2.17. The number of hydrogen-bond acceptors (Lipinski definition) is 2. The smallest absolute Gasteiger partial charge is 0.252 e. The van der Waals surface area contributed by atoms with Gasteiger partial charge in [0.1, 0.15) is 0 Å². The lowest BCUT2D eigenvalue weighted by atomic mass is 10.3. The molecule has 66 valence electrons. The number of carbonyl (C=O) groups excluding carboxylic acids is 1. The van der Waals surface area contributed by atoms with E-state index in [4.69, 9.17) is 0 Å². The van der Waals surface area contributed by atoms with Crippen LogP contribution in [0.4, 0.5) is 5.69 Å². The predicted molar refractivity (Wildman–Crippen MR) is 54.7 cm³/mol. The summed E-state index contributed by atoms with van der Waals surface area (Å²) in [7, 11) is 0. The Morgan fingerprint density at radius 3 is 2.54 bits per heavy atom. The normalized spacial score (nSPS) is 15.5. The van der Waals surface area contributed by atoms with Crippen LogP contribution in [0.2, 0.25) is 0 Å². The molecule has 0 atom stereocenters. The molecule has 1 aliphatic rings. The summed E-state index contributed by atoms with van der Waals surface area (Å²) >= 11 is 3.33. The second kappa shape index (κ2) is 3.30. The Morgan fingerprint density at radius 1 is 1.31 bits per heavy atom. The lowest BCUT2D eigenvalue weighted by Gasteiger charge is -2.10. The highest BCUT2D eigenvalue weighted by molar-refractivity contribution is 9.10. The van der Waals surface area contributed by atoms with Crippen molar-refractivity contribution in [2.24, 2.45) is 5.10 Å². The maximum absolute atomic E-state index is 11.2. The summed E-state index contributed by atoms with van der Waals surface area (Å²) in [6.45, 7) is 0. The van der Waals surface area contributed by atoms with Gasteiger partial charge < -0.3 is 0 Å². The van der Waals surface area contributed by atoms with E-state index in [0.29, 0.717) is 6.42 Å². The molecule has 2 rings (SSSR count). The molecule has 0 saturated carbocycles. The summed E-state index contributed by atoms with van der Waals surface area (Å²) in [5.74, 6) is 0.0160. The van der Waals surface area contributed by atoms with E-state index in [9.17, 15) is 4.79 Å². The minimum atomic E-state index is 0.0160. The lowest BCUT2D eigenvalue weighted by molar-refractivity contribution is -0.116. The number of benzene rings is 1. The van der Waals surface area contributed by atoms with Crippen LogP contribution in [0.5, 0.6) is 0 Å². The van der Waals surface area contributed by atoms with Gasteiger partial charge in [0.25, 0.3) is 5.91 Å². The summed E-state index contributed by atoms with van der Waals surface area (Å²) in [6.07, 6.45) is 2.01. The fourth-order valence-corrected chi connectivity index (χ4v) is 1.41. The third-order valence-electron chi connectivity index (χ3n) is 1.77. The van der Waals surface area contributed by atoms with Gasteiger partial charge >= 0.3 is 0 Å². The van der Waals surface area contributed by atoms with E-state index >= 15 is 0 Å². The van der Waals surface area contributed by atoms with Gasteiger partial charge in [0.15, 0.2) is 0 Å². The molecule has 0 bridgehead atoms. The molecule has 1 heterocycles. The molecule has 4 heteroatoms. The summed E-state index contributed by atoms with van der Waals surface area (Å²) in [6, 6.07) is 7.47. The Morgan fingerprint density at radius 2 is 2.00 bits per heavy atom. The van der Waals surface area contributed by atoms with Crippen LogP contribution in [0.25, 0.3) is 0 Å². The summed E-state index contributed by atoms with van der Waals surface area (Å²) in [5, 5.41) is 5.37. The van der Waals surface area contributed by atoms with E-state index in [1.807, 2.05) is 24.3 Å². The molecule has 1 aromatic rings. The highest BCUT2D eigenvalue weighted by Crippen LogP contribution is 2.20. The van der Waals surface area contributed by atoms with E-state index in [0.717, 1.165) is 10.2 Å². The minimum absolute atomic E-state index is 0.0160. The van der Waals surface area contributed by atoms with Crippen molar-refractivity contribution >= 4 is 33.7 Å². The zero-order valence-corrected chi connectivity index (χ0v) is 8.36. The molecule has 0 radical (unpaired) electrons. The van der Waals surface area contributed by atoms with Crippen LogP contribution in [0, 0.1) is 0 Å². The Hall–Kier alpha value is -1.16. The number of carbonyl (C=O) groups is 1. The Balaban J connectivity index is 2.30. The number of amides is 1. The Kier molecular flexibility index (Phi) is 2.14. The maximum Gasteiger partial charge on any atom is 0.252 e. The fourth-order valence-electron chi connectivity index (χ4n) is 1.14. The molecule has 1 aliphatic heterocycles. The van der Waals surface area contributed by atoms with Crippen LogP contribution < -0.4 is 5.01 Å². The van der Waals surface area contributed by atoms with Crippen LogP contribution in [-0.4, -0.2) is 12.1 Å². The van der Waals surface area contributed by atoms with E-state index < -0.39 is 0 Å². The van der Waals surface area contributed by atoms with Gasteiger partial charge in [-0.25, -0.2) is 5.01 Å². The quantitative estimate of drug-likeness (QED) is 0.739. The zero-order chi connectivity index (χ0) is 9.26. The van der Waals surface area contributed by atoms with Gasteiger partial charge in [-0.15, -0.1) is 0 Å². The number of hydrogen-bond donors (Lipinski definition) is 0. The molecule has 13 heavy (non-hydrogen) atoms. The van der Waals surface area contributed by atoms with Crippen LogP contribution >= 0.6 is 15.9 Å². The van der Waals surface area contributed by atoms with E-state index in [1.165, 1.54) is 5.01 Å². The maximum atomic E-state index is 11.2. The molecule has 3 nitrogen and oxygen atoms in total. The molecule has 1 aromatic carbocycles. The van der Waals surface area contributed by atoms with Gasteiger partial charge in [-0.2, -0.15) is 5.10 Å². The molecular weight excluding hydrogens is 232 g/mol. The van der Waals surface area contributed by atoms with Gasteiger partial charge in [-0.05, 0) is 24.3 Å². The second-order valence-corrected chi connectivity index (χ2v) is 3.60. The van der Waals surface area contributed by atoms with Crippen LogP contribution in [0.3, 0.4) is 0 Å². The molecule has 0 N–H and O–H groups in total. The van der Waals surface area contributed by atoms with Gasteiger partial charge in [0.05, 0.1) is 12.1 Å². The minimum Gasteiger partial charge on any atom is -0.272 e. The van der Waals surface area contributed by atoms with Crippen molar-refractivity contribution < 1.29 is 4.79 Å². The van der Waals surface area contributed by atoms with Gasteiger partial charge in [-0.1, -0.05) is 15.9 Å². The van der Waals surface area contributed by atoms with Crippen LogP contribution in [0.1, 0.15) is 6.42 Å². The third kappa shape index (κ3) is 1.62. The molecular formula is C9H7BrN2O. The first-order valence-electron chi connectivity index (χ1n) is 3.88. The van der Waals surface area contributed by atoms with Crippen molar-refractivity contribution in [3.8, 4) is 0 Å². The SMILES string of the molecule is O=C1CC=NN1c1ccc(Br)cc1. The summed E-state index contributed by atoms with van der Waals surface area (Å²) in [5.41, 5.74) is 0.807. The number of nitrogens with zero attached hydrogens (tertiary/aromatic N) is 2. The van der Waals surface area contributed by atoms with Gasteiger partial charge in [0, 0.05) is 10.7 Å². The summed E-state index contributed by atoms with van der Waals surface area (Å²) in [4.78, 5) is 11.2. The Labute approximate surface area is 84.2 Å². The first-order valence-corrected chi connectivity index (χ1v) is 4.67. The fraction of sp³-hybridized carbons (Fsp3) is 0.111. The van der Waals surface area contributed by atoms with E-state index in [1.54, 1.807) is 6.21 Å². The number of halogens is 1. The second-order valence-electron chi connectivity index (χ2n) is 2.68. The average molecular weight is 239 g/mol. The molecule has 0 saturated heterocycles. The van der Waals surface area contributed by atoms with Crippen molar-refractivity contribution in [3.63, 3.8) is 0 Å². The number of rotatable bonds is 1. The first-order chi connectivity index (χ1) is 6.27. The Bertz CT molecular complexity index is 358. The molecule has 0 spiro atoms. The lowest BCUT2D eigenvalue weighted by Crippen LogP contribution is -2.19. The third-order valence-corrected chi connectivity index (χ3v) is 2.30. The highest BCUT2D eigenvalue weighted by atomic mass is 79.9. The molecule has 1 amide bonds. The molecule has 0 aliphatic carbocycles. The molecule has 0 unspecified atom stereocenters. The number of anilines is 1. The van der Waals surface area contributed by atoms with Crippen LogP contribution in [-0.2, 0) is 4.79 Å². The van der Waals surface area contributed by atoms with Gasteiger partial charge in [0.2, 0.25) is 0 Å². The topological polar surface area (TPSA) is 32.7 Å². The standard InChI is InChI=1S/C9H7BrN2O/c10-7-1-3-8(4-2-7)12-9(13)5-6-11-12/h1-4,6H,5H2. The highest BCUT2D eigenvalue weighted by Gasteiger charge is 2.17. The van der Waals surface area contributed by atoms with Crippen molar-refractivity contribution in [2.45, 2.75) is 6.42 Å². The van der Waals surface area contributed by atoms with Crippen molar-refractivity contribution in [3.05, 3.63) is 28.7 Å². The van der Waals surface area contributed by atoms with E-state index in [-0.39, 0.29) is 5.91 Å². The van der Waals surface area contributed by atoms with Crippen molar-refractivity contribution in [2.75, 3.05) is 5.01 Å². The van der Waals surface area contributed by atoms with Crippen LogP contribution in [0.15, 0.2) is 33.8 Å². The average Bonchev–Trinajstić information content (AvgIpc) is 2.53. The van der Waals surface area contributed by atoms with Crippen molar-refractivity contribution in [1.29, 1.82) is 0 Å². The molecule has 0 aromatic heterocycles. The largest absolute Gasteiger partial charge is 0.272 e.